The molecule has 2 N–H and O–H groups in total. The third-order valence-electron chi connectivity index (χ3n) is 3.70. The van der Waals surface area contributed by atoms with Crippen molar-refractivity contribution >= 4 is 11.6 Å². The van der Waals surface area contributed by atoms with Gasteiger partial charge in [-0.05, 0) is 37.1 Å². The van der Waals surface area contributed by atoms with Crippen LogP contribution in [-0.4, -0.2) is 21.9 Å². The van der Waals surface area contributed by atoms with Gasteiger partial charge in [-0.3, -0.25) is 14.8 Å². The number of hydrogen-bond acceptors (Lipinski definition) is 4. The summed E-state index contributed by atoms with van der Waals surface area (Å²) in [6, 6.07) is 7.68. The van der Waals surface area contributed by atoms with E-state index >= 15 is 0 Å². The molecule has 0 bridgehead atoms. The fourth-order valence-electron chi connectivity index (χ4n) is 2.56. The van der Waals surface area contributed by atoms with Crippen molar-refractivity contribution in [2.24, 2.45) is 0 Å². The summed E-state index contributed by atoms with van der Waals surface area (Å²) in [6.45, 7) is 0. The van der Waals surface area contributed by atoms with Crippen LogP contribution in [0.1, 0.15) is 40.6 Å². The molecule has 1 aliphatic carbocycles. The van der Waals surface area contributed by atoms with Crippen molar-refractivity contribution in [1.82, 2.24) is 15.3 Å². The number of hydrogen-bond donors (Lipinski definition) is 2. The van der Waals surface area contributed by atoms with Gasteiger partial charge in [0, 0.05) is 18.4 Å². The first-order valence-corrected chi connectivity index (χ1v) is 6.80. The molecule has 1 aliphatic heterocycles. The van der Waals surface area contributed by atoms with Gasteiger partial charge in [-0.2, -0.15) is 0 Å². The minimum atomic E-state index is -0.131. The molecule has 2 aromatic heterocycles. The van der Waals surface area contributed by atoms with E-state index in [1.54, 1.807) is 18.5 Å². The molecule has 3 heterocycles. The van der Waals surface area contributed by atoms with Crippen LogP contribution in [0.25, 0.3) is 0 Å². The minimum Gasteiger partial charge on any atom is -0.320 e. The zero-order valence-electron chi connectivity index (χ0n) is 10.8. The Kier molecular flexibility index (Phi) is 2.53. The highest BCUT2D eigenvalue weighted by molar-refractivity contribution is 6.06. The number of fused-ring (bicyclic) bond motifs is 2. The lowest BCUT2D eigenvalue weighted by Crippen LogP contribution is -2.26. The molecule has 20 heavy (non-hydrogen) atoms. The first-order chi connectivity index (χ1) is 9.83. The van der Waals surface area contributed by atoms with Crippen LogP contribution in [-0.2, 0) is 0 Å². The van der Waals surface area contributed by atoms with E-state index in [9.17, 15) is 4.79 Å². The first kappa shape index (κ1) is 11.5. The summed E-state index contributed by atoms with van der Waals surface area (Å²) in [7, 11) is 0. The molecule has 5 nitrogen and oxygen atoms in total. The minimum absolute atomic E-state index is 0.123. The second-order valence-electron chi connectivity index (χ2n) is 5.20. The summed E-state index contributed by atoms with van der Waals surface area (Å²) in [5.41, 5.74) is 2.97. The van der Waals surface area contributed by atoms with Crippen LogP contribution >= 0.6 is 0 Å². The van der Waals surface area contributed by atoms with E-state index in [0.29, 0.717) is 11.6 Å². The largest absolute Gasteiger partial charge is 0.320 e. The van der Waals surface area contributed by atoms with Gasteiger partial charge in [0.1, 0.15) is 0 Å². The molecule has 2 aliphatic rings. The molecule has 5 heteroatoms. The molecule has 0 aromatic carbocycles. The van der Waals surface area contributed by atoms with E-state index in [0.717, 1.165) is 17.1 Å². The summed E-state index contributed by atoms with van der Waals surface area (Å²) in [4.78, 5) is 21.2. The quantitative estimate of drug-likeness (QED) is 0.871. The summed E-state index contributed by atoms with van der Waals surface area (Å²) in [5, 5.41) is 6.47. The fourth-order valence-corrected chi connectivity index (χ4v) is 2.56. The molecule has 1 amide bonds. The summed E-state index contributed by atoms with van der Waals surface area (Å²) in [6.07, 6.45) is 5.81. The Morgan fingerprint density at radius 3 is 2.65 bits per heavy atom. The summed E-state index contributed by atoms with van der Waals surface area (Å²) in [5.74, 6) is -0.123. The van der Waals surface area contributed by atoms with Crippen LogP contribution < -0.4 is 10.6 Å². The molecule has 0 radical (unpaired) electrons. The number of amides is 1. The maximum Gasteiger partial charge on any atom is 0.257 e. The normalized spacial score (nSPS) is 20.6. The molecule has 100 valence electrons. The second kappa shape index (κ2) is 4.38. The van der Waals surface area contributed by atoms with Crippen molar-refractivity contribution < 1.29 is 4.79 Å². The van der Waals surface area contributed by atoms with E-state index in [2.05, 4.69) is 20.6 Å². The van der Waals surface area contributed by atoms with Crippen LogP contribution in [0, 0.1) is 0 Å². The van der Waals surface area contributed by atoms with Gasteiger partial charge < -0.3 is 10.6 Å². The third-order valence-corrected chi connectivity index (χ3v) is 3.70. The molecular formula is C15H14N4O. The number of carbonyl (C=O) groups is 1. The lowest BCUT2D eigenvalue weighted by molar-refractivity contribution is 0.102. The number of carbonyl (C=O) groups excluding carboxylic acids is 1. The number of pyridine rings is 2. The Labute approximate surface area is 116 Å². The Morgan fingerprint density at radius 2 is 1.85 bits per heavy atom. The molecule has 1 saturated carbocycles. The predicted octanol–water partition coefficient (Wildman–Crippen LogP) is 1.88. The van der Waals surface area contributed by atoms with Crippen LogP contribution in [0.5, 0.6) is 0 Å². The molecule has 0 spiro atoms. The molecule has 1 fully saturated rings. The van der Waals surface area contributed by atoms with Crippen LogP contribution in [0.3, 0.4) is 0 Å². The number of anilines is 1. The zero-order valence-corrected chi connectivity index (χ0v) is 10.8. The third kappa shape index (κ3) is 1.87. The van der Waals surface area contributed by atoms with E-state index < -0.39 is 0 Å². The van der Waals surface area contributed by atoms with Gasteiger partial charge in [-0.15, -0.1) is 0 Å². The lowest BCUT2D eigenvalue weighted by atomic mass is 10.0. The summed E-state index contributed by atoms with van der Waals surface area (Å²) >= 11 is 0. The van der Waals surface area contributed by atoms with Crippen LogP contribution in [0.15, 0.2) is 36.7 Å². The van der Waals surface area contributed by atoms with Crippen molar-refractivity contribution in [3.63, 3.8) is 0 Å². The van der Waals surface area contributed by atoms with E-state index in [-0.39, 0.29) is 11.9 Å². The smallest absolute Gasteiger partial charge is 0.257 e. The Hall–Kier alpha value is -2.27. The molecule has 0 saturated heterocycles. The highest BCUT2D eigenvalue weighted by Gasteiger charge is 2.33. The number of aromatic nitrogens is 2. The van der Waals surface area contributed by atoms with Gasteiger partial charge in [0.05, 0.1) is 28.7 Å². The monoisotopic (exact) mass is 266 g/mol. The van der Waals surface area contributed by atoms with Gasteiger partial charge in [-0.25, -0.2) is 0 Å². The highest BCUT2D eigenvalue weighted by atomic mass is 16.1. The average molecular weight is 266 g/mol. The average Bonchev–Trinajstić information content (AvgIpc) is 3.30. The van der Waals surface area contributed by atoms with Crippen molar-refractivity contribution in [2.75, 3.05) is 5.32 Å². The first-order valence-electron chi connectivity index (χ1n) is 6.80. The fraction of sp³-hybridized carbons (Fsp3) is 0.267. The number of rotatable bonds is 2. The number of nitrogens with zero attached hydrogens (tertiary/aromatic N) is 2. The molecule has 2 aromatic rings. The van der Waals surface area contributed by atoms with Crippen molar-refractivity contribution in [3.05, 3.63) is 53.6 Å². The zero-order chi connectivity index (χ0) is 13.5. The maximum atomic E-state index is 12.3. The molecule has 4 rings (SSSR count). The van der Waals surface area contributed by atoms with Gasteiger partial charge in [0.15, 0.2) is 0 Å². The molecule has 1 atom stereocenters. The van der Waals surface area contributed by atoms with Gasteiger partial charge in [-0.1, -0.05) is 0 Å². The van der Waals surface area contributed by atoms with Crippen LogP contribution in [0.2, 0.25) is 0 Å². The standard InChI is InChI=1S/C15H14N4O/c20-15-10-3-1-7-16-12(10)14(18-9-5-6-9)13-11(19-15)4-2-8-17-13/h1-4,7-9,14,18H,5-6H2,(H,19,20). The molecule has 1 unspecified atom stereocenters. The van der Waals surface area contributed by atoms with E-state index in [4.69, 9.17) is 0 Å². The summed E-state index contributed by atoms with van der Waals surface area (Å²) < 4.78 is 0. The lowest BCUT2D eigenvalue weighted by Gasteiger charge is -2.18. The Bertz CT molecular complexity index is 681. The van der Waals surface area contributed by atoms with Crippen molar-refractivity contribution in [1.29, 1.82) is 0 Å². The Balaban J connectivity index is 1.90. The molecular weight excluding hydrogens is 252 g/mol. The maximum absolute atomic E-state index is 12.3. The van der Waals surface area contributed by atoms with Crippen molar-refractivity contribution in [3.8, 4) is 0 Å². The highest BCUT2D eigenvalue weighted by Crippen LogP contribution is 2.34. The van der Waals surface area contributed by atoms with Crippen LogP contribution in [0.4, 0.5) is 5.69 Å². The van der Waals surface area contributed by atoms with Gasteiger partial charge in [0.2, 0.25) is 0 Å². The van der Waals surface area contributed by atoms with E-state index in [1.165, 1.54) is 12.8 Å². The number of nitrogens with one attached hydrogen (secondary N) is 2. The van der Waals surface area contributed by atoms with E-state index in [1.807, 2.05) is 18.2 Å². The second-order valence-corrected chi connectivity index (χ2v) is 5.20. The topological polar surface area (TPSA) is 66.9 Å². The SMILES string of the molecule is O=C1Nc2cccnc2C(NC2CC2)c2ncccc21. The predicted molar refractivity (Wildman–Crippen MR) is 74.4 cm³/mol. The van der Waals surface area contributed by atoms with Crippen molar-refractivity contribution in [2.45, 2.75) is 24.9 Å². The van der Waals surface area contributed by atoms with Gasteiger partial charge in [0.25, 0.3) is 5.91 Å². The Morgan fingerprint density at radius 1 is 1.10 bits per heavy atom. The van der Waals surface area contributed by atoms with Gasteiger partial charge >= 0.3 is 0 Å².